The molecule has 5 atom stereocenters. The predicted octanol–water partition coefficient (Wildman–Crippen LogP) is 6.38. The summed E-state index contributed by atoms with van der Waals surface area (Å²) in [6, 6.07) is 8.29. The highest BCUT2D eigenvalue weighted by molar-refractivity contribution is 5.92. The van der Waals surface area contributed by atoms with E-state index in [1.54, 1.807) is 26.8 Å². The van der Waals surface area contributed by atoms with Gasteiger partial charge in [-0.15, -0.1) is 6.58 Å². The van der Waals surface area contributed by atoms with E-state index in [4.69, 9.17) is 4.74 Å². The van der Waals surface area contributed by atoms with Crippen molar-refractivity contribution in [2.24, 2.45) is 17.8 Å². The molecule has 0 unspecified atom stereocenters. The Hall–Kier alpha value is -3.17. The van der Waals surface area contributed by atoms with E-state index in [1.807, 2.05) is 44.2 Å². The average Bonchev–Trinajstić information content (AvgIpc) is 3.02. The molecule has 1 aliphatic carbocycles. The van der Waals surface area contributed by atoms with Gasteiger partial charge in [-0.05, 0) is 76.7 Å². The summed E-state index contributed by atoms with van der Waals surface area (Å²) in [5.74, 6) is -0.497. The largest absolute Gasteiger partial charge is 0.444 e. The van der Waals surface area contributed by atoms with Gasteiger partial charge in [-0.3, -0.25) is 9.59 Å². The Morgan fingerprint density at radius 3 is 2.27 bits per heavy atom. The van der Waals surface area contributed by atoms with Crippen molar-refractivity contribution in [1.82, 2.24) is 16.0 Å². The van der Waals surface area contributed by atoms with E-state index in [-0.39, 0.29) is 36.1 Å². The fraction of sp³-hybridized carbons (Fsp3) is 0.667. The van der Waals surface area contributed by atoms with Crippen LogP contribution in [-0.4, -0.2) is 64.6 Å². The monoisotopic (exact) mass is 669 g/mol. The van der Waals surface area contributed by atoms with Gasteiger partial charge in [0, 0.05) is 24.5 Å². The summed E-state index contributed by atoms with van der Waals surface area (Å²) in [5.41, 5.74) is 0.494. The second kappa shape index (κ2) is 21.0. The number of aliphatic hydroxyl groups is 2. The van der Waals surface area contributed by atoms with Crippen molar-refractivity contribution >= 4 is 17.9 Å². The summed E-state index contributed by atoms with van der Waals surface area (Å²) in [6.07, 6.45) is 7.63. The third-order valence-corrected chi connectivity index (χ3v) is 8.87. The maximum absolute atomic E-state index is 14.0. The van der Waals surface area contributed by atoms with Gasteiger partial charge < -0.3 is 30.9 Å². The SMILES string of the molecule is C=CCCC[C@H](C[C@H](O)[C@H](Cc1ccccc1)NC(=O)OC(C)(C)C)C(=O)N[C@@H](CC1CCCCC1)[C@@H](O)CC(=C)C(=O)NCC(C)C. The van der Waals surface area contributed by atoms with E-state index < -0.39 is 41.9 Å². The highest BCUT2D eigenvalue weighted by atomic mass is 16.6. The summed E-state index contributed by atoms with van der Waals surface area (Å²) in [6.45, 7) is 17.6. The van der Waals surface area contributed by atoms with Crippen LogP contribution in [0, 0.1) is 17.8 Å². The average molecular weight is 670 g/mol. The van der Waals surface area contributed by atoms with Gasteiger partial charge in [0.25, 0.3) is 0 Å². The minimum Gasteiger partial charge on any atom is -0.444 e. The van der Waals surface area contributed by atoms with Gasteiger partial charge in [0.1, 0.15) is 5.60 Å². The van der Waals surface area contributed by atoms with E-state index >= 15 is 0 Å². The number of aliphatic hydroxyl groups excluding tert-OH is 2. The van der Waals surface area contributed by atoms with E-state index in [1.165, 1.54) is 6.42 Å². The Kier molecular flexibility index (Phi) is 18.0. The molecule has 0 radical (unpaired) electrons. The zero-order chi connectivity index (χ0) is 35.7. The molecule has 9 heteroatoms. The second-order valence-electron chi connectivity index (χ2n) is 15.0. The van der Waals surface area contributed by atoms with Crippen LogP contribution in [0.3, 0.4) is 0 Å². The number of amides is 3. The molecular formula is C39H63N3O6. The van der Waals surface area contributed by atoms with Gasteiger partial charge in [-0.25, -0.2) is 4.79 Å². The first kappa shape index (κ1) is 41.0. The summed E-state index contributed by atoms with van der Waals surface area (Å²) in [4.78, 5) is 39.5. The zero-order valence-corrected chi connectivity index (χ0v) is 30.1. The van der Waals surface area contributed by atoms with Crippen molar-refractivity contribution in [1.29, 1.82) is 0 Å². The predicted molar refractivity (Wildman–Crippen MR) is 192 cm³/mol. The van der Waals surface area contributed by atoms with Gasteiger partial charge in [0.2, 0.25) is 11.8 Å². The van der Waals surface area contributed by atoms with Crippen molar-refractivity contribution in [3.8, 4) is 0 Å². The molecule has 2 rings (SSSR count). The number of benzene rings is 1. The lowest BCUT2D eigenvalue weighted by Gasteiger charge is -2.33. The van der Waals surface area contributed by atoms with Crippen LogP contribution >= 0.6 is 0 Å². The Morgan fingerprint density at radius 2 is 1.67 bits per heavy atom. The summed E-state index contributed by atoms with van der Waals surface area (Å²) >= 11 is 0. The van der Waals surface area contributed by atoms with Gasteiger partial charge in [-0.2, -0.15) is 0 Å². The molecule has 1 saturated carbocycles. The first-order chi connectivity index (χ1) is 22.7. The van der Waals surface area contributed by atoms with Crippen LogP contribution in [0.4, 0.5) is 4.79 Å². The molecule has 0 heterocycles. The summed E-state index contributed by atoms with van der Waals surface area (Å²) in [5, 5.41) is 31.9. The molecule has 1 aromatic carbocycles. The lowest BCUT2D eigenvalue weighted by molar-refractivity contribution is -0.128. The molecule has 0 bridgehead atoms. The highest BCUT2D eigenvalue weighted by Crippen LogP contribution is 2.29. The highest BCUT2D eigenvalue weighted by Gasteiger charge is 2.33. The van der Waals surface area contributed by atoms with Crippen molar-refractivity contribution in [2.45, 2.75) is 142 Å². The van der Waals surface area contributed by atoms with E-state index in [9.17, 15) is 24.6 Å². The molecule has 9 nitrogen and oxygen atoms in total. The molecule has 0 aromatic heterocycles. The number of alkyl carbamates (subject to hydrolysis) is 1. The fourth-order valence-electron chi connectivity index (χ4n) is 6.23. The quantitative estimate of drug-likeness (QED) is 0.0621. The molecule has 1 fully saturated rings. The first-order valence-corrected chi connectivity index (χ1v) is 17.9. The van der Waals surface area contributed by atoms with Crippen molar-refractivity contribution in [3.63, 3.8) is 0 Å². The van der Waals surface area contributed by atoms with Crippen LogP contribution < -0.4 is 16.0 Å². The van der Waals surface area contributed by atoms with E-state index in [2.05, 4.69) is 29.1 Å². The minimum atomic E-state index is -1.05. The third-order valence-electron chi connectivity index (χ3n) is 8.87. The number of hydrogen-bond acceptors (Lipinski definition) is 6. The molecule has 48 heavy (non-hydrogen) atoms. The first-order valence-electron chi connectivity index (χ1n) is 17.9. The lowest BCUT2D eigenvalue weighted by atomic mass is 9.82. The Labute approximate surface area is 289 Å². The smallest absolute Gasteiger partial charge is 0.407 e. The van der Waals surface area contributed by atoms with Gasteiger partial charge in [0.15, 0.2) is 0 Å². The lowest BCUT2D eigenvalue weighted by Crippen LogP contribution is -2.50. The third kappa shape index (κ3) is 16.3. The maximum atomic E-state index is 14.0. The van der Waals surface area contributed by atoms with Crippen LogP contribution in [-0.2, 0) is 20.7 Å². The second-order valence-corrected chi connectivity index (χ2v) is 15.0. The molecule has 3 amide bonds. The molecule has 1 aromatic rings. The van der Waals surface area contributed by atoms with Crippen molar-refractivity contribution in [3.05, 3.63) is 60.7 Å². The Balaban J connectivity index is 2.26. The normalized spacial score (nSPS) is 17.0. The van der Waals surface area contributed by atoms with Gasteiger partial charge in [0.05, 0.1) is 24.3 Å². The van der Waals surface area contributed by atoms with Crippen LogP contribution in [0.2, 0.25) is 0 Å². The number of nitrogens with one attached hydrogen (secondary N) is 3. The van der Waals surface area contributed by atoms with Crippen molar-refractivity contribution in [2.75, 3.05) is 6.54 Å². The van der Waals surface area contributed by atoms with Crippen LogP contribution in [0.15, 0.2) is 55.1 Å². The van der Waals surface area contributed by atoms with Crippen LogP contribution in [0.25, 0.3) is 0 Å². The molecule has 0 aliphatic heterocycles. The number of carbonyl (C=O) groups excluding carboxylic acids is 3. The van der Waals surface area contributed by atoms with Crippen molar-refractivity contribution < 1.29 is 29.3 Å². The Morgan fingerprint density at radius 1 is 1.00 bits per heavy atom. The molecule has 0 spiro atoms. The van der Waals surface area contributed by atoms with Crippen LogP contribution in [0.5, 0.6) is 0 Å². The maximum Gasteiger partial charge on any atom is 0.407 e. The molecule has 5 N–H and O–H groups in total. The Bertz CT molecular complexity index is 1140. The standard InChI is InChI=1S/C39H63N3O6/c1-8-9-12-21-31(25-35(44)33(24-30-19-15-11-16-20-30)42-38(47)48-39(5,6)7)37(46)41-32(23-29-17-13-10-14-18-29)34(43)22-28(4)36(45)40-26-27(2)3/h8,11,15-16,19-20,27,29,31-35,43-44H,1,4,9-10,12-14,17-18,21-26H2,2-3,5-7H3,(H,40,45)(H,41,46)(H,42,47)/t31-,32+,33+,34+,35+/m1/s1. The summed E-state index contributed by atoms with van der Waals surface area (Å²) in [7, 11) is 0. The number of unbranched alkanes of at least 4 members (excludes halogenated alkanes) is 1. The fourth-order valence-corrected chi connectivity index (χ4v) is 6.23. The molecule has 270 valence electrons. The number of hydrogen-bond donors (Lipinski definition) is 5. The van der Waals surface area contributed by atoms with E-state index in [0.29, 0.717) is 44.6 Å². The number of rotatable bonds is 20. The van der Waals surface area contributed by atoms with Gasteiger partial charge >= 0.3 is 6.09 Å². The number of allylic oxidation sites excluding steroid dienone is 1. The topological polar surface area (TPSA) is 137 Å². The number of ether oxygens (including phenoxy) is 1. The van der Waals surface area contributed by atoms with E-state index in [0.717, 1.165) is 31.2 Å². The summed E-state index contributed by atoms with van der Waals surface area (Å²) < 4.78 is 5.50. The molecular weight excluding hydrogens is 606 g/mol. The molecule has 0 saturated heterocycles. The molecule has 1 aliphatic rings. The minimum absolute atomic E-state index is 0.0459. The number of carbonyl (C=O) groups is 3. The van der Waals surface area contributed by atoms with Crippen LogP contribution in [0.1, 0.15) is 111 Å². The van der Waals surface area contributed by atoms with Gasteiger partial charge in [-0.1, -0.05) is 88.9 Å². The zero-order valence-electron chi connectivity index (χ0n) is 30.1.